The molecule has 208 valence electrons. The van der Waals surface area contributed by atoms with Gasteiger partial charge in [0.15, 0.2) is 0 Å². The van der Waals surface area contributed by atoms with E-state index in [1.165, 1.54) is 5.56 Å². The molecule has 0 bridgehead atoms. The molecular weight excluding hydrogens is 496 g/mol. The third-order valence-electron chi connectivity index (χ3n) is 5.49. The zero-order valence-corrected chi connectivity index (χ0v) is 24.2. The smallest absolute Gasteiger partial charge is 0.220 e. The molecular formula is C30H44N4O3S. The number of benzene rings is 2. The summed E-state index contributed by atoms with van der Waals surface area (Å²) >= 11 is 0. The Labute approximate surface area is 232 Å². The van der Waals surface area contributed by atoms with Gasteiger partial charge in [-0.15, -0.1) is 0 Å². The number of aromatic nitrogens is 2. The van der Waals surface area contributed by atoms with Crippen molar-refractivity contribution in [2.24, 2.45) is 0 Å². The Kier molecular flexibility index (Phi) is 14.1. The van der Waals surface area contributed by atoms with E-state index in [0.717, 1.165) is 47.8 Å². The molecule has 0 amide bonds. The Morgan fingerprint density at radius 2 is 1.89 bits per heavy atom. The van der Waals surface area contributed by atoms with Gasteiger partial charge in [0, 0.05) is 48.4 Å². The predicted molar refractivity (Wildman–Crippen MR) is 161 cm³/mol. The molecule has 8 heteroatoms. The summed E-state index contributed by atoms with van der Waals surface area (Å²) in [7, 11) is 1.27. The lowest BCUT2D eigenvalue weighted by Gasteiger charge is -2.18. The molecule has 0 saturated carbocycles. The number of hydrogen-bond acceptors (Lipinski definition) is 7. The number of anilines is 1. The first-order chi connectivity index (χ1) is 18.4. The van der Waals surface area contributed by atoms with Crippen LogP contribution in [0.3, 0.4) is 0 Å². The number of nitrogen functional groups attached to an aromatic ring is 1. The molecule has 0 saturated heterocycles. The Morgan fingerprint density at radius 3 is 2.66 bits per heavy atom. The second-order valence-electron chi connectivity index (χ2n) is 8.53. The fourth-order valence-electron chi connectivity index (χ4n) is 3.61. The number of likely N-dealkylation sites (N-methyl/N-ethyl adjacent to an activating group) is 1. The minimum Gasteiger partial charge on any atom is -0.493 e. The van der Waals surface area contributed by atoms with Crippen LogP contribution < -0.4 is 15.2 Å². The SMILES string of the molecule is CC.CCS(=O)CCOc1ccc(C)cc1CN(C)C/C=C\CCOc1cccc(-c2ccnc(N)n2)c1.[HH]. The number of nitrogens with two attached hydrogens (primary N) is 1. The zero-order valence-electron chi connectivity index (χ0n) is 23.4. The highest BCUT2D eigenvalue weighted by molar-refractivity contribution is 7.84. The molecule has 0 radical (unpaired) electrons. The normalized spacial score (nSPS) is 11.7. The quantitative estimate of drug-likeness (QED) is 0.201. The molecule has 2 aromatic carbocycles. The topological polar surface area (TPSA) is 90.6 Å². The van der Waals surface area contributed by atoms with Gasteiger partial charge in [-0.1, -0.05) is 62.8 Å². The fraction of sp³-hybridized carbons (Fsp3) is 0.400. The van der Waals surface area contributed by atoms with Crippen molar-refractivity contribution in [1.29, 1.82) is 0 Å². The zero-order chi connectivity index (χ0) is 27.8. The number of rotatable bonds is 14. The molecule has 0 aliphatic heterocycles. The van der Waals surface area contributed by atoms with Crippen LogP contribution in [0.5, 0.6) is 11.5 Å². The molecule has 3 aromatic rings. The standard InChI is InChI=1S/C28H36N4O3S.C2H6.H2/c1-4-36(33)18-17-35-27-12-11-22(2)19-24(27)21-32(3)15-6-5-7-16-34-25-10-8-9-23(20-25)26-13-14-30-28(29)31-26;1-2;/h5-6,8-14,19-20H,4,7,15-18,21H2,1-3H3,(H2,29,30,31);1-2H3;1H/b6-5-;;. The van der Waals surface area contributed by atoms with Crippen LogP contribution in [0, 0.1) is 6.92 Å². The van der Waals surface area contributed by atoms with Gasteiger partial charge < -0.3 is 15.2 Å². The summed E-state index contributed by atoms with van der Waals surface area (Å²) in [5.41, 5.74) is 9.74. The number of nitrogens with zero attached hydrogens (tertiary/aromatic N) is 3. The van der Waals surface area contributed by atoms with Crippen molar-refractivity contribution < 1.29 is 15.1 Å². The van der Waals surface area contributed by atoms with E-state index in [0.29, 0.717) is 24.7 Å². The first-order valence-corrected chi connectivity index (χ1v) is 14.7. The summed E-state index contributed by atoms with van der Waals surface area (Å²) < 4.78 is 23.5. The fourth-order valence-corrected chi connectivity index (χ4v) is 4.17. The van der Waals surface area contributed by atoms with Crippen LogP contribution in [0.15, 0.2) is 66.9 Å². The van der Waals surface area contributed by atoms with Gasteiger partial charge in [0.25, 0.3) is 0 Å². The maximum absolute atomic E-state index is 11.7. The Balaban J connectivity index is 0.00000248. The summed E-state index contributed by atoms with van der Waals surface area (Å²) in [4.78, 5) is 10.4. The summed E-state index contributed by atoms with van der Waals surface area (Å²) in [5, 5.41) is 0. The Hall–Kier alpha value is -3.23. The number of ether oxygens (including phenoxy) is 2. The molecule has 2 N–H and O–H groups in total. The van der Waals surface area contributed by atoms with E-state index < -0.39 is 10.8 Å². The second kappa shape index (κ2) is 17.3. The molecule has 1 atom stereocenters. The molecule has 1 unspecified atom stereocenters. The summed E-state index contributed by atoms with van der Waals surface area (Å²) in [5.74, 6) is 3.14. The predicted octanol–water partition coefficient (Wildman–Crippen LogP) is 5.91. The molecule has 0 aliphatic rings. The maximum atomic E-state index is 11.7. The summed E-state index contributed by atoms with van der Waals surface area (Å²) in [6, 6.07) is 15.9. The molecule has 3 rings (SSSR count). The summed E-state index contributed by atoms with van der Waals surface area (Å²) in [6.45, 7) is 10.7. The van der Waals surface area contributed by atoms with Crippen molar-refractivity contribution in [2.75, 3.05) is 44.0 Å². The van der Waals surface area contributed by atoms with Crippen LogP contribution in [0.2, 0.25) is 0 Å². The Bertz CT molecular complexity index is 1180. The van der Waals surface area contributed by atoms with E-state index in [1.807, 2.05) is 63.2 Å². The first kappa shape index (κ1) is 31.0. The van der Waals surface area contributed by atoms with Crippen molar-refractivity contribution >= 4 is 16.7 Å². The van der Waals surface area contributed by atoms with Gasteiger partial charge in [-0.2, -0.15) is 0 Å². The summed E-state index contributed by atoms with van der Waals surface area (Å²) in [6.07, 6.45) is 6.76. The van der Waals surface area contributed by atoms with Gasteiger partial charge in [0.2, 0.25) is 5.95 Å². The van der Waals surface area contributed by atoms with Crippen LogP contribution in [-0.4, -0.2) is 57.4 Å². The lowest BCUT2D eigenvalue weighted by Crippen LogP contribution is -2.19. The lowest BCUT2D eigenvalue weighted by molar-refractivity contribution is 0.317. The highest BCUT2D eigenvalue weighted by atomic mass is 32.2. The average molecular weight is 541 g/mol. The number of aryl methyl sites for hydroxylation is 1. The first-order valence-electron chi connectivity index (χ1n) is 13.2. The molecule has 0 spiro atoms. The third-order valence-corrected chi connectivity index (χ3v) is 6.75. The van der Waals surface area contributed by atoms with E-state index in [2.05, 4.69) is 47.1 Å². The van der Waals surface area contributed by atoms with Crippen LogP contribution in [-0.2, 0) is 17.3 Å². The van der Waals surface area contributed by atoms with Gasteiger partial charge in [-0.05, 0) is 44.7 Å². The lowest BCUT2D eigenvalue weighted by atomic mass is 10.1. The maximum Gasteiger partial charge on any atom is 0.220 e. The largest absolute Gasteiger partial charge is 0.493 e. The minimum absolute atomic E-state index is 0. The van der Waals surface area contributed by atoms with Crippen molar-refractivity contribution in [3.05, 3.63) is 78.0 Å². The van der Waals surface area contributed by atoms with E-state index in [9.17, 15) is 4.21 Å². The third kappa shape index (κ3) is 11.0. The minimum atomic E-state index is -0.818. The van der Waals surface area contributed by atoms with Crippen molar-refractivity contribution in [2.45, 2.75) is 40.7 Å². The van der Waals surface area contributed by atoms with E-state index in [1.54, 1.807) is 6.20 Å². The van der Waals surface area contributed by atoms with Crippen LogP contribution in [0.25, 0.3) is 11.3 Å². The second-order valence-corrected chi connectivity index (χ2v) is 10.4. The van der Waals surface area contributed by atoms with Crippen molar-refractivity contribution in [3.63, 3.8) is 0 Å². The molecule has 1 heterocycles. The highest BCUT2D eigenvalue weighted by Crippen LogP contribution is 2.23. The van der Waals surface area contributed by atoms with Gasteiger partial charge >= 0.3 is 0 Å². The van der Waals surface area contributed by atoms with Crippen LogP contribution >= 0.6 is 0 Å². The molecule has 1 aromatic heterocycles. The van der Waals surface area contributed by atoms with Crippen molar-refractivity contribution in [3.8, 4) is 22.8 Å². The van der Waals surface area contributed by atoms with Gasteiger partial charge in [-0.25, -0.2) is 9.97 Å². The van der Waals surface area contributed by atoms with Gasteiger partial charge in [0.05, 0.1) is 24.7 Å². The highest BCUT2D eigenvalue weighted by Gasteiger charge is 2.08. The molecule has 0 fully saturated rings. The van der Waals surface area contributed by atoms with Crippen LogP contribution in [0.1, 0.15) is 39.7 Å². The number of hydrogen-bond donors (Lipinski definition) is 1. The van der Waals surface area contributed by atoms with E-state index in [4.69, 9.17) is 15.2 Å². The van der Waals surface area contributed by atoms with Gasteiger partial charge in [0.1, 0.15) is 11.5 Å². The molecule has 38 heavy (non-hydrogen) atoms. The molecule has 7 nitrogen and oxygen atoms in total. The van der Waals surface area contributed by atoms with E-state index >= 15 is 0 Å². The average Bonchev–Trinajstić information content (AvgIpc) is 2.93. The van der Waals surface area contributed by atoms with Crippen molar-refractivity contribution in [1.82, 2.24) is 14.9 Å². The Morgan fingerprint density at radius 1 is 1.08 bits per heavy atom. The van der Waals surface area contributed by atoms with E-state index in [-0.39, 0.29) is 7.37 Å². The monoisotopic (exact) mass is 540 g/mol. The molecule has 0 aliphatic carbocycles. The van der Waals surface area contributed by atoms with Crippen LogP contribution in [0.4, 0.5) is 5.95 Å². The van der Waals surface area contributed by atoms with Gasteiger partial charge in [-0.3, -0.25) is 9.11 Å².